The van der Waals surface area contributed by atoms with Crippen molar-refractivity contribution in [1.82, 2.24) is 25.3 Å². The smallest absolute Gasteiger partial charge is 0.336 e. The summed E-state index contributed by atoms with van der Waals surface area (Å²) in [5.74, 6) is 0.900. The number of unbranched alkanes of at least 4 members (excludes halogenated alkanes) is 1. The molecule has 0 aliphatic heterocycles. The molecule has 10 heteroatoms. The highest BCUT2D eigenvalue weighted by molar-refractivity contribution is 5.99. The Morgan fingerprint density at radius 2 is 1.74 bits per heavy atom. The number of allylic oxidation sites excluding steroid dienone is 1. The Morgan fingerprint density at radius 3 is 2.41 bits per heavy atom. The first-order valence-corrected chi connectivity index (χ1v) is 19.8. The second-order valence-electron chi connectivity index (χ2n) is 16.5. The van der Waals surface area contributed by atoms with Crippen LogP contribution in [-0.4, -0.2) is 85.6 Å². The molecule has 1 aromatic heterocycles. The van der Waals surface area contributed by atoms with Crippen molar-refractivity contribution < 1.29 is 23.8 Å². The molecule has 1 saturated carbocycles. The van der Waals surface area contributed by atoms with Gasteiger partial charge in [-0.05, 0) is 159 Å². The lowest BCUT2D eigenvalue weighted by Gasteiger charge is -2.37. The predicted molar refractivity (Wildman–Crippen MR) is 216 cm³/mol. The SMILES string of the molecule is CNCCCN(C)CCCCc1ccc(-n2nc(C(=O)NC3(C(=O)OC(C)(C)C)C=CCC4CCC3C4)cc2-c2c(OC)cccc2OC)c(C(C)C)c1. The van der Waals surface area contributed by atoms with Crippen LogP contribution in [0.4, 0.5) is 0 Å². The van der Waals surface area contributed by atoms with Gasteiger partial charge in [0.1, 0.15) is 17.1 Å². The molecule has 1 amide bonds. The molecule has 10 nitrogen and oxygen atoms in total. The van der Waals surface area contributed by atoms with Crippen molar-refractivity contribution in [3.63, 3.8) is 0 Å². The second kappa shape index (κ2) is 18.0. The number of aromatic nitrogens is 2. The number of carbonyl (C=O) groups is 2. The number of fused-ring (bicyclic) bond motifs is 2. The summed E-state index contributed by atoms with van der Waals surface area (Å²) < 4.78 is 19.6. The van der Waals surface area contributed by atoms with Crippen molar-refractivity contribution in [3.8, 4) is 28.4 Å². The van der Waals surface area contributed by atoms with Gasteiger partial charge >= 0.3 is 5.97 Å². The number of methoxy groups -OCH3 is 2. The Balaban J connectivity index is 1.53. The summed E-state index contributed by atoms with van der Waals surface area (Å²) >= 11 is 0. The summed E-state index contributed by atoms with van der Waals surface area (Å²) in [6.45, 7) is 13.1. The molecular weight excluding hydrogens is 679 g/mol. The minimum atomic E-state index is -1.30. The predicted octanol–water partition coefficient (Wildman–Crippen LogP) is 7.73. The number of benzene rings is 2. The average Bonchev–Trinajstić information content (AvgIpc) is 3.75. The highest BCUT2D eigenvalue weighted by Gasteiger charge is 2.51. The first kappa shape index (κ1) is 41.0. The first-order valence-electron chi connectivity index (χ1n) is 19.8. The van der Waals surface area contributed by atoms with E-state index in [0.29, 0.717) is 28.7 Å². The van der Waals surface area contributed by atoms with Crippen LogP contribution < -0.4 is 20.1 Å². The summed E-state index contributed by atoms with van der Waals surface area (Å²) in [7, 11) is 7.44. The zero-order valence-electron chi connectivity index (χ0n) is 34.1. The lowest BCUT2D eigenvalue weighted by molar-refractivity contribution is -0.162. The van der Waals surface area contributed by atoms with Crippen molar-refractivity contribution in [1.29, 1.82) is 0 Å². The van der Waals surface area contributed by atoms with Crippen LogP contribution in [0.15, 0.2) is 54.6 Å². The maximum Gasteiger partial charge on any atom is 0.336 e. The fourth-order valence-electron chi connectivity index (χ4n) is 8.05. The van der Waals surface area contributed by atoms with Crippen LogP contribution in [-0.2, 0) is 16.0 Å². The number of amides is 1. The number of esters is 1. The van der Waals surface area contributed by atoms with Gasteiger partial charge < -0.3 is 29.7 Å². The molecule has 2 aromatic carbocycles. The molecule has 54 heavy (non-hydrogen) atoms. The molecule has 3 atom stereocenters. The van der Waals surface area contributed by atoms with E-state index in [2.05, 4.69) is 54.6 Å². The van der Waals surface area contributed by atoms with Crippen LogP contribution in [0.1, 0.15) is 107 Å². The molecule has 0 spiro atoms. The van der Waals surface area contributed by atoms with Crippen molar-refractivity contribution in [3.05, 3.63) is 71.4 Å². The molecule has 2 aliphatic rings. The van der Waals surface area contributed by atoms with Gasteiger partial charge in [-0.2, -0.15) is 5.10 Å². The number of rotatable bonds is 17. The first-order chi connectivity index (χ1) is 25.8. The molecule has 5 rings (SSSR count). The van der Waals surface area contributed by atoms with Gasteiger partial charge in [-0.25, -0.2) is 9.48 Å². The quantitative estimate of drug-likeness (QED) is 0.0823. The van der Waals surface area contributed by atoms with Gasteiger partial charge in [-0.1, -0.05) is 44.2 Å². The van der Waals surface area contributed by atoms with Gasteiger partial charge in [0.25, 0.3) is 5.91 Å². The van der Waals surface area contributed by atoms with Gasteiger partial charge in [0, 0.05) is 0 Å². The number of aryl methyl sites for hydroxylation is 1. The fourth-order valence-corrected chi connectivity index (χ4v) is 8.05. The normalized spacial score (nSPS) is 19.6. The average molecular weight is 742 g/mol. The molecular formula is C44H63N5O5. The number of carbonyl (C=O) groups excluding carboxylic acids is 2. The monoisotopic (exact) mass is 741 g/mol. The zero-order chi connectivity index (χ0) is 39.0. The number of hydrogen-bond donors (Lipinski definition) is 2. The summed E-state index contributed by atoms with van der Waals surface area (Å²) in [5, 5.41) is 11.4. The van der Waals surface area contributed by atoms with Crippen LogP contribution in [0.3, 0.4) is 0 Å². The highest BCUT2D eigenvalue weighted by Crippen LogP contribution is 2.45. The summed E-state index contributed by atoms with van der Waals surface area (Å²) in [4.78, 5) is 31.1. The van der Waals surface area contributed by atoms with Crippen LogP contribution in [0.2, 0.25) is 0 Å². The highest BCUT2D eigenvalue weighted by atomic mass is 16.6. The molecule has 0 saturated heterocycles. The van der Waals surface area contributed by atoms with Crippen LogP contribution in [0.5, 0.6) is 11.5 Å². The van der Waals surface area contributed by atoms with E-state index in [1.54, 1.807) is 20.3 Å². The Labute approximate surface area is 323 Å². The maximum absolute atomic E-state index is 14.6. The van der Waals surface area contributed by atoms with Gasteiger partial charge in [0.05, 0.1) is 31.2 Å². The second-order valence-corrected chi connectivity index (χ2v) is 16.5. The van der Waals surface area contributed by atoms with E-state index in [1.165, 1.54) is 5.56 Å². The molecule has 0 radical (unpaired) electrons. The Bertz CT molecular complexity index is 1750. The standard InChI is InChI=1S/C44H63N5O5/c1-30(2)34-28-32(15-10-11-25-48(7)26-14-24-45-6)20-22-36(34)49-37(40-38(52-8)17-12-18-39(40)53-9)29-35(47-49)41(50)46-44(42(51)54-43(3,4)5)23-13-16-31-19-21-33(44)27-31/h12-13,17-18,20,22-23,28-31,33,45H,10-11,14-16,19,21,24-27H2,1-9H3,(H,46,50). The number of ether oxygens (including phenoxy) is 3. The molecule has 1 heterocycles. The molecule has 2 aliphatic carbocycles. The third kappa shape index (κ3) is 9.55. The summed E-state index contributed by atoms with van der Waals surface area (Å²) in [5.41, 5.74) is 2.76. The van der Waals surface area contributed by atoms with Crippen LogP contribution in [0, 0.1) is 11.8 Å². The van der Waals surface area contributed by atoms with Crippen molar-refractivity contribution in [2.24, 2.45) is 11.8 Å². The zero-order valence-corrected chi connectivity index (χ0v) is 34.1. The third-order valence-electron chi connectivity index (χ3n) is 10.9. The maximum atomic E-state index is 14.6. The van der Waals surface area contributed by atoms with E-state index >= 15 is 0 Å². The van der Waals surface area contributed by atoms with Crippen molar-refractivity contribution in [2.75, 3.05) is 47.9 Å². The van der Waals surface area contributed by atoms with Crippen LogP contribution in [0.25, 0.3) is 16.9 Å². The summed E-state index contributed by atoms with van der Waals surface area (Å²) in [6.07, 6.45) is 11.9. The minimum absolute atomic E-state index is 0.0743. The topological polar surface area (TPSA) is 107 Å². The van der Waals surface area contributed by atoms with Gasteiger partial charge in [-0.15, -0.1) is 0 Å². The molecule has 3 aromatic rings. The van der Waals surface area contributed by atoms with E-state index < -0.39 is 23.0 Å². The van der Waals surface area contributed by atoms with Crippen molar-refractivity contribution >= 4 is 11.9 Å². The van der Waals surface area contributed by atoms with E-state index in [4.69, 9.17) is 19.3 Å². The Morgan fingerprint density at radius 1 is 1.02 bits per heavy atom. The molecule has 1 fully saturated rings. The number of nitrogens with zero attached hydrogens (tertiary/aromatic N) is 3. The largest absolute Gasteiger partial charge is 0.496 e. The van der Waals surface area contributed by atoms with E-state index in [0.717, 1.165) is 82.3 Å². The number of hydrogen-bond acceptors (Lipinski definition) is 8. The summed E-state index contributed by atoms with van der Waals surface area (Å²) in [6, 6.07) is 14.0. The molecule has 3 unspecified atom stereocenters. The van der Waals surface area contributed by atoms with Gasteiger partial charge in [0.2, 0.25) is 0 Å². The molecule has 2 bridgehead atoms. The van der Waals surface area contributed by atoms with Crippen LogP contribution >= 0.6 is 0 Å². The lowest BCUT2D eigenvalue weighted by Crippen LogP contribution is -2.59. The molecule has 294 valence electrons. The lowest BCUT2D eigenvalue weighted by atomic mass is 9.82. The van der Waals surface area contributed by atoms with E-state index in [-0.39, 0.29) is 17.5 Å². The minimum Gasteiger partial charge on any atom is -0.496 e. The van der Waals surface area contributed by atoms with Gasteiger partial charge in [0.15, 0.2) is 11.2 Å². The van der Waals surface area contributed by atoms with Crippen molar-refractivity contribution in [2.45, 2.75) is 103 Å². The third-order valence-corrected chi connectivity index (χ3v) is 10.9. The van der Waals surface area contributed by atoms with E-state index in [1.807, 2.05) is 62.9 Å². The molecule has 2 N–H and O–H groups in total. The number of nitrogens with one attached hydrogen (secondary N) is 2. The Hall–Kier alpha value is -4.15. The fraction of sp³-hybridized carbons (Fsp3) is 0.568. The van der Waals surface area contributed by atoms with E-state index in [9.17, 15) is 9.59 Å². The van der Waals surface area contributed by atoms with Gasteiger partial charge in [-0.3, -0.25) is 4.79 Å². The Kier molecular flexibility index (Phi) is 13.7.